The molecule has 0 atom stereocenters. The van der Waals surface area contributed by atoms with Gasteiger partial charge in [-0.05, 0) is 12.1 Å². The molecule has 3 heterocycles. The molecule has 2 aromatic heterocycles. The second kappa shape index (κ2) is 6.18. The summed E-state index contributed by atoms with van der Waals surface area (Å²) in [5, 5.41) is 16.8. The van der Waals surface area contributed by atoms with Crippen LogP contribution >= 0.6 is 11.3 Å². The number of aliphatic hydroxyl groups is 1. The first-order valence-electron chi connectivity index (χ1n) is 6.62. The van der Waals surface area contributed by atoms with E-state index < -0.39 is 0 Å². The van der Waals surface area contributed by atoms with Crippen LogP contribution in [-0.4, -0.2) is 37.9 Å². The molecule has 104 valence electrons. The number of aliphatic hydroxyl groups excluding tert-OH is 1. The molecule has 1 aliphatic heterocycles. The normalized spacial score (nSPS) is 14.7. The Hall–Kier alpha value is -1.68. The Morgan fingerprint density at radius 2 is 2.30 bits per heavy atom. The fourth-order valence-corrected chi connectivity index (χ4v) is 3.13. The highest BCUT2D eigenvalue weighted by Crippen LogP contribution is 2.19. The molecule has 0 bridgehead atoms. The van der Waals surface area contributed by atoms with Crippen LogP contribution in [0.1, 0.15) is 22.0 Å². The fraction of sp³-hybridized carbons (Fsp3) is 0.429. The number of nitrogens with zero attached hydrogens (tertiary/aromatic N) is 4. The number of hydrogen-bond acceptors (Lipinski definition) is 5. The van der Waals surface area contributed by atoms with Crippen LogP contribution in [0, 0.1) is 11.8 Å². The van der Waals surface area contributed by atoms with Gasteiger partial charge < -0.3 is 9.67 Å². The summed E-state index contributed by atoms with van der Waals surface area (Å²) in [6.45, 7) is 3.88. The number of fused-ring (bicyclic) bond motifs is 1. The van der Waals surface area contributed by atoms with E-state index in [1.54, 1.807) is 17.7 Å². The molecule has 0 saturated heterocycles. The van der Waals surface area contributed by atoms with E-state index in [0.29, 0.717) is 6.42 Å². The topological polar surface area (TPSA) is 54.2 Å². The Morgan fingerprint density at radius 3 is 3.20 bits per heavy atom. The molecule has 3 rings (SSSR count). The fourth-order valence-electron chi connectivity index (χ4n) is 2.21. The van der Waals surface area contributed by atoms with Crippen molar-refractivity contribution in [1.29, 1.82) is 0 Å². The largest absolute Gasteiger partial charge is 0.395 e. The van der Waals surface area contributed by atoms with Gasteiger partial charge in [0.15, 0.2) is 0 Å². The van der Waals surface area contributed by atoms with E-state index in [0.717, 1.165) is 36.9 Å². The molecule has 1 aliphatic rings. The molecule has 1 N–H and O–H groups in total. The van der Waals surface area contributed by atoms with E-state index in [4.69, 9.17) is 5.11 Å². The molecule has 0 fully saturated rings. The van der Waals surface area contributed by atoms with Gasteiger partial charge in [0, 0.05) is 30.9 Å². The van der Waals surface area contributed by atoms with Gasteiger partial charge in [-0.3, -0.25) is 4.90 Å². The second-order valence-corrected chi connectivity index (χ2v) is 5.86. The summed E-state index contributed by atoms with van der Waals surface area (Å²) in [4.78, 5) is 4.75. The van der Waals surface area contributed by atoms with Crippen molar-refractivity contribution in [2.75, 3.05) is 13.2 Å². The number of aromatic nitrogens is 3. The summed E-state index contributed by atoms with van der Waals surface area (Å²) in [5.41, 5.74) is 0. The van der Waals surface area contributed by atoms with Crippen molar-refractivity contribution in [3.63, 3.8) is 0 Å². The van der Waals surface area contributed by atoms with Crippen molar-refractivity contribution < 1.29 is 5.11 Å². The lowest BCUT2D eigenvalue weighted by atomic mass is 10.3. The van der Waals surface area contributed by atoms with Crippen molar-refractivity contribution in [1.82, 2.24) is 19.7 Å². The summed E-state index contributed by atoms with van der Waals surface area (Å²) in [6, 6.07) is 4.18. The van der Waals surface area contributed by atoms with Crippen molar-refractivity contribution >= 4 is 11.3 Å². The molecule has 0 unspecified atom stereocenters. The van der Waals surface area contributed by atoms with Crippen molar-refractivity contribution in [2.24, 2.45) is 0 Å². The maximum absolute atomic E-state index is 8.71. The van der Waals surface area contributed by atoms with Crippen molar-refractivity contribution in [3.8, 4) is 11.8 Å². The van der Waals surface area contributed by atoms with Gasteiger partial charge in [0.05, 0.1) is 18.0 Å². The van der Waals surface area contributed by atoms with Gasteiger partial charge in [-0.1, -0.05) is 11.8 Å². The van der Waals surface area contributed by atoms with Crippen LogP contribution in [0.25, 0.3) is 0 Å². The van der Waals surface area contributed by atoms with E-state index in [2.05, 4.69) is 43.6 Å². The first-order chi connectivity index (χ1) is 9.85. The highest BCUT2D eigenvalue weighted by Gasteiger charge is 2.17. The van der Waals surface area contributed by atoms with Crippen LogP contribution in [0.5, 0.6) is 0 Å². The Labute approximate surface area is 121 Å². The second-order valence-electron chi connectivity index (χ2n) is 4.69. The van der Waals surface area contributed by atoms with Gasteiger partial charge in [-0.25, -0.2) is 0 Å². The molecular weight excluding hydrogens is 272 g/mol. The SMILES string of the molecule is OCCC#Cc1ccc(CN2CCn3cnnc3C2)s1. The molecular formula is C14H16N4OS. The standard InChI is InChI=1S/C14H16N4OS/c19-8-2-1-3-12-4-5-13(20-12)9-17-6-7-18-11-15-16-14(18)10-17/h4-5,11,19H,2,6-10H2. The van der Waals surface area contributed by atoms with Gasteiger partial charge in [-0.2, -0.15) is 0 Å². The molecule has 0 saturated carbocycles. The molecule has 6 heteroatoms. The molecule has 0 aliphatic carbocycles. The third-order valence-electron chi connectivity index (χ3n) is 3.21. The summed E-state index contributed by atoms with van der Waals surface area (Å²) < 4.78 is 2.11. The zero-order valence-electron chi connectivity index (χ0n) is 11.1. The third-order valence-corrected chi connectivity index (χ3v) is 4.19. The summed E-state index contributed by atoms with van der Waals surface area (Å²) >= 11 is 1.72. The first-order valence-corrected chi connectivity index (χ1v) is 7.44. The van der Waals surface area contributed by atoms with E-state index in [1.807, 2.05) is 0 Å². The molecule has 0 amide bonds. The minimum Gasteiger partial charge on any atom is -0.395 e. The van der Waals surface area contributed by atoms with E-state index in [-0.39, 0.29) is 6.61 Å². The minimum atomic E-state index is 0.125. The number of thiophene rings is 1. The van der Waals surface area contributed by atoms with Gasteiger partial charge in [-0.15, -0.1) is 21.5 Å². The highest BCUT2D eigenvalue weighted by molar-refractivity contribution is 7.12. The monoisotopic (exact) mass is 288 g/mol. The number of rotatable bonds is 3. The van der Waals surface area contributed by atoms with Gasteiger partial charge >= 0.3 is 0 Å². The summed E-state index contributed by atoms with van der Waals surface area (Å²) in [5.74, 6) is 7.07. The van der Waals surface area contributed by atoms with Crippen molar-refractivity contribution in [2.45, 2.75) is 26.1 Å². The van der Waals surface area contributed by atoms with Crippen molar-refractivity contribution in [3.05, 3.63) is 34.0 Å². The highest BCUT2D eigenvalue weighted by atomic mass is 32.1. The molecule has 2 aromatic rings. The van der Waals surface area contributed by atoms with E-state index in [1.165, 1.54) is 4.88 Å². The van der Waals surface area contributed by atoms with Gasteiger partial charge in [0.2, 0.25) is 0 Å². The van der Waals surface area contributed by atoms with Crippen LogP contribution in [0.3, 0.4) is 0 Å². The van der Waals surface area contributed by atoms with Gasteiger partial charge in [0.25, 0.3) is 0 Å². The summed E-state index contributed by atoms with van der Waals surface area (Å²) in [6.07, 6.45) is 2.34. The quantitative estimate of drug-likeness (QED) is 0.859. The number of hydrogen-bond donors (Lipinski definition) is 1. The molecule has 0 aromatic carbocycles. The molecule has 5 nitrogen and oxygen atoms in total. The average Bonchev–Trinajstić information content (AvgIpc) is 3.08. The lowest BCUT2D eigenvalue weighted by molar-refractivity contribution is 0.210. The molecule has 20 heavy (non-hydrogen) atoms. The Balaban J connectivity index is 1.61. The lowest BCUT2D eigenvalue weighted by Gasteiger charge is -2.26. The maximum Gasteiger partial charge on any atom is 0.147 e. The molecule has 0 spiro atoms. The Bertz CT molecular complexity index is 637. The summed E-state index contributed by atoms with van der Waals surface area (Å²) in [7, 11) is 0. The maximum atomic E-state index is 8.71. The van der Waals surface area contributed by atoms with E-state index in [9.17, 15) is 0 Å². The van der Waals surface area contributed by atoms with Gasteiger partial charge in [0.1, 0.15) is 12.2 Å². The Morgan fingerprint density at radius 1 is 1.35 bits per heavy atom. The Kier molecular flexibility index (Phi) is 4.11. The van der Waals surface area contributed by atoms with Crippen LogP contribution in [0.2, 0.25) is 0 Å². The van der Waals surface area contributed by atoms with Crippen LogP contribution in [-0.2, 0) is 19.6 Å². The van der Waals surface area contributed by atoms with Crippen LogP contribution in [0.15, 0.2) is 18.5 Å². The smallest absolute Gasteiger partial charge is 0.147 e. The van der Waals surface area contributed by atoms with Crippen LogP contribution in [0.4, 0.5) is 0 Å². The zero-order valence-corrected chi connectivity index (χ0v) is 11.9. The molecule has 0 radical (unpaired) electrons. The average molecular weight is 288 g/mol. The van der Waals surface area contributed by atoms with E-state index >= 15 is 0 Å². The zero-order chi connectivity index (χ0) is 13.8. The minimum absolute atomic E-state index is 0.125. The predicted molar refractivity (Wildman–Crippen MR) is 77.0 cm³/mol. The lowest BCUT2D eigenvalue weighted by Crippen LogP contribution is -2.32. The first kappa shape index (κ1) is 13.3. The van der Waals surface area contributed by atoms with Crippen LogP contribution < -0.4 is 0 Å². The third kappa shape index (κ3) is 3.07. The predicted octanol–water partition coefficient (Wildman–Crippen LogP) is 1.09.